The van der Waals surface area contributed by atoms with Crippen LogP contribution in [0.25, 0.3) is 0 Å². The first-order valence-corrected chi connectivity index (χ1v) is 13.8. The molecular formula is C26H45NO2S. The van der Waals surface area contributed by atoms with E-state index in [-0.39, 0.29) is 18.1 Å². The fourth-order valence-corrected chi connectivity index (χ4v) is 6.68. The summed E-state index contributed by atoms with van der Waals surface area (Å²) < 4.78 is 0. The second-order valence-corrected chi connectivity index (χ2v) is 11.2. The average Bonchev–Trinajstić information content (AvgIpc) is 3.42. The van der Waals surface area contributed by atoms with Gasteiger partial charge in [0.2, 0.25) is 0 Å². The van der Waals surface area contributed by atoms with Crippen LogP contribution in [0.4, 0.5) is 0 Å². The van der Waals surface area contributed by atoms with Crippen LogP contribution in [-0.4, -0.2) is 58.5 Å². The van der Waals surface area contributed by atoms with E-state index in [0.717, 1.165) is 25.0 Å². The van der Waals surface area contributed by atoms with Crippen molar-refractivity contribution in [1.82, 2.24) is 4.90 Å². The van der Waals surface area contributed by atoms with E-state index in [0.29, 0.717) is 17.8 Å². The van der Waals surface area contributed by atoms with Gasteiger partial charge in [-0.05, 0) is 81.7 Å². The van der Waals surface area contributed by atoms with Crippen LogP contribution in [0, 0.1) is 23.7 Å². The Morgan fingerprint density at radius 3 is 2.83 bits per heavy atom. The number of hydrogen-bond acceptors (Lipinski definition) is 4. The number of aliphatic hydroxyl groups excluding tert-OH is 2. The minimum Gasteiger partial charge on any atom is -0.392 e. The molecule has 0 aromatic heterocycles. The smallest absolute Gasteiger partial charge is 0.0723 e. The molecule has 0 aromatic rings. The number of likely N-dealkylation sites (tertiary alicyclic amines) is 1. The van der Waals surface area contributed by atoms with E-state index in [2.05, 4.69) is 42.7 Å². The van der Waals surface area contributed by atoms with Crippen LogP contribution in [0.5, 0.6) is 0 Å². The summed E-state index contributed by atoms with van der Waals surface area (Å²) in [4.78, 5) is 2.61. The molecule has 0 radical (unpaired) electrons. The quantitative estimate of drug-likeness (QED) is 0.305. The van der Waals surface area contributed by atoms with Crippen LogP contribution in [0.1, 0.15) is 71.6 Å². The molecule has 4 heteroatoms. The summed E-state index contributed by atoms with van der Waals surface area (Å²) in [5.41, 5.74) is 1.59. The van der Waals surface area contributed by atoms with E-state index in [1.54, 1.807) is 5.57 Å². The van der Waals surface area contributed by atoms with Crippen LogP contribution in [0.15, 0.2) is 23.8 Å². The van der Waals surface area contributed by atoms with Crippen molar-refractivity contribution in [3.63, 3.8) is 0 Å². The standard InChI is InChI=1S/C26H45NO2S/c1-3-4-8-20(2)15-23(28)9-10-24-25-17-21(16-22(25)18-26(24)29)19-30-14-7-13-27-11-5-6-12-27/h9-10,16,20,22-26,28-29H,3-8,11-15,17-19H2,1-2H3/b10-9+/t20-,22-,23+,24+,25-,26+/m0/s1. The molecule has 2 N–H and O–H groups in total. The Bertz CT molecular complexity index is 557. The summed E-state index contributed by atoms with van der Waals surface area (Å²) in [5, 5.41) is 21.0. The Balaban J connectivity index is 1.36. The number of unbranched alkanes of at least 4 members (excludes halogenated alkanes) is 1. The summed E-state index contributed by atoms with van der Waals surface area (Å²) in [7, 11) is 0. The van der Waals surface area contributed by atoms with Gasteiger partial charge < -0.3 is 15.1 Å². The molecule has 2 fully saturated rings. The van der Waals surface area contributed by atoms with Crippen molar-refractivity contribution in [2.24, 2.45) is 23.7 Å². The van der Waals surface area contributed by atoms with Crippen molar-refractivity contribution in [2.75, 3.05) is 31.1 Å². The van der Waals surface area contributed by atoms with Crippen molar-refractivity contribution >= 4 is 11.8 Å². The minimum atomic E-state index is -0.372. The van der Waals surface area contributed by atoms with E-state index < -0.39 is 0 Å². The van der Waals surface area contributed by atoms with E-state index in [1.165, 1.54) is 63.9 Å². The summed E-state index contributed by atoms with van der Waals surface area (Å²) in [6, 6.07) is 0. The Hall–Kier alpha value is -0.290. The lowest BCUT2D eigenvalue weighted by molar-refractivity contribution is 0.139. The highest BCUT2D eigenvalue weighted by molar-refractivity contribution is 7.99. The van der Waals surface area contributed by atoms with Gasteiger partial charge in [-0.2, -0.15) is 11.8 Å². The first-order valence-electron chi connectivity index (χ1n) is 12.6. The zero-order chi connectivity index (χ0) is 21.3. The molecule has 3 aliphatic rings. The number of fused-ring (bicyclic) bond motifs is 1. The first kappa shape index (κ1) is 24.4. The molecule has 0 spiro atoms. The molecule has 0 aromatic carbocycles. The van der Waals surface area contributed by atoms with Crippen LogP contribution in [0.2, 0.25) is 0 Å². The Labute approximate surface area is 189 Å². The van der Waals surface area contributed by atoms with E-state index in [9.17, 15) is 10.2 Å². The maximum absolute atomic E-state index is 10.6. The molecule has 3 rings (SSSR count). The monoisotopic (exact) mass is 435 g/mol. The molecule has 30 heavy (non-hydrogen) atoms. The Morgan fingerprint density at radius 1 is 1.27 bits per heavy atom. The lowest BCUT2D eigenvalue weighted by Gasteiger charge is -2.19. The lowest BCUT2D eigenvalue weighted by atomic mass is 9.88. The van der Waals surface area contributed by atoms with Gasteiger partial charge in [-0.25, -0.2) is 0 Å². The molecule has 6 atom stereocenters. The Morgan fingerprint density at radius 2 is 2.07 bits per heavy atom. The molecule has 1 saturated heterocycles. The predicted octanol–water partition coefficient (Wildman–Crippen LogP) is 5.28. The van der Waals surface area contributed by atoms with Crippen LogP contribution < -0.4 is 0 Å². The minimum absolute atomic E-state index is 0.213. The van der Waals surface area contributed by atoms with Gasteiger partial charge in [0.25, 0.3) is 0 Å². The van der Waals surface area contributed by atoms with E-state index in [4.69, 9.17) is 0 Å². The van der Waals surface area contributed by atoms with Crippen LogP contribution in [-0.2, 0) is 0 Å². The zero-order valence-corrected chi connectivity index (χ0v) is 20.2. The third kappa shape index (κ3) is 7.39. The molecule has 0 amide bonds. The van der Waals surface area contributed by atoms with Gasteiger partial charge in [0.05, 0.1) is 12.2 Å². The SMILES string of the molecule is CCCC[C@H](C)C[C@H](O)/C=C/[C@@H]1[C@H]2CC(CSCCCN3CCCC3)=C[C@H]2C[C@H]1O. The number of thioether (sulfide) groups is 1. The number of hydrogen-bond donors (Lipinski definition) is 2. The molecule has 3 nitrogen and oxygen atoms in total. The second-order valence-electron chi connectivity index (χ2n) is 10.1. The van der Waals surface area contributed by atoms with Crippen molar-refractivity contribution in [1.29, 1.82) is 0 Å². The van der Waals surface area contributed by atoms with Crippen molar-refractivity contribution in [2.45, 2.75) is 83.8 Å². The molecule has 172 valence electrons. The second kappa shape index (κ2) is 12.7. The predicted molar refractivity (Wildman–Crippen MR) is 130 cm³/mol. The maximum atomic E-state index is 10.6. The number of allylic oxidation sites excluding steroid dienone is 1. The Kier molecular flexibility index (Phi) is 10.3. The van der Waals surface area contributed by atoms with E-state index >= 15 is 0 Å². The number of rotatable bonds is 13. The zero-order valence-electron chi connectivity index (χ0n) is 19.3. The highest BCUT2D eigenvalue weighted by Crippen LogP contribution is 2.47. The third-order valence-electron chi connectivity index (χ3n) is 7.45. The first-order chi connectivity index (χ1) is 14.6. The highest BCUT2D eigenvalue weighted by Gasteiger charge is 2.43. The average molecular weight is 436 g/mol. The fourth-order valence-electron chi connectivity index (χ4n) is 5.73. The number of nitrogens with zero attached hydrogens (tertiary/aromatic N) is 1. The summed E-state index contributed by atoms with van der Waals surface area (Å²) >= 11 is 2.09. The molecule has 1 saturated carbocycles. The molecule has 1 aliphatic heterocycles. The summed E-state index contributed by atoms with van der Waals surface area (Å²) in [6.45, 7) is 8.35. The van der Waals surface area contributed by atoms with E-state index in [1.807, 2.05) is 6.08 Å². The van der Waals surface area contributed by atoms with Crippen LogP contribution >= 0.6 is 11.8 Å². The fraction of sp³-hybridized carbons (Fsp3) is 0.846. The summed E-state index contributed by atoms with van der Waals surface area (Å²) in [5.74, 6) is 4.28. The van der Waals surface area contributed by atoms with Gasteiger partial charge >= 0.3 is 0 Å². The maximum Gasteiger partial charge on any atom is 0.0723 e. The molecule has 0 unspecified atom stereocenters. The molecule has 0 bridgehead atoms. The normalized spacial score (nSPS) is 31.4. The largest absolute Gasteiger partial charge is 0.392 e. The lowest BCUT2D eigenvalue weighted by Crippen LogP contribution is -2.20. The van der Waals surface area contributed by atoms with Gasteiger partial charge in [-0.15, -0.1) is 0 Å². The topological polar surface area (TPSA) is 43.7 Å². The highest BCUT2D eigenvalue weighted by atomic mass is 32.2. The van der Waals surface area contributed by atoms with Crippen molar-refractivity contribution in [3.8, 4) is 0 Å². The van der Waals surface area contributed by atoms with Crippen molar-refractivity contribution in [3.05, 3.63) is 23.8 Å². The van der Waals surface area contributed by atoms with Gasteiger partial charge in [-0.1, -0.05) is 56.9 Å². The molecule has 1 heterocycles. The van der Waals surface area contributed by atoms with Gasteiger partial charge in [0.1, 0.15) is 0 Å². The van der Waals surface area contributed by atoms with Gasteiger partial charge in [0, 0.05) is 11.7 Å². The number of aliphatic hydroxyl groups is 2. The third-order valence-corrected chi connectivity index (χ3v) is 8.60. The van der Waals surface area contributed by atoms with Crippen molar-refractivity contribution < 1.29 is 10.2 Å². The van der Waals surface area contributed by atoms with Crippen LogP contribution in [0.3, 0.4) is 0 Å². The summed E-state index contributed by atoms with van der Waals surface area (Å²) in [6.07, 6.45) is 16.6. The molecular weight excluding hydrogens is 390 g/mol. The van der Waals surface area contributed by atoms with Gasteiger partial charge in [-0.3, -0.25) is 0 Å². The van der Waals surface area contributed by atoms with Gasteiger partial charge in [0.15, 0.2) is 0 Å². The molecule has 2 aliphatic carbocycles.